The van der Waals surface area contributed by atoms with Crippen molar-refractivity contribution in [3.8, 4) is 23.0 Å². The van der Waals surface area contributed by atoms with Crippen LogP contribution in [0.2, 0.25) is 10.0 Å². The topological polar surface area (TPSA) is 124 Å². The minimum atomic E-state index is -0.912. The molecule has 2 heterocycles. The lowest BCUT2D eigenvalue weighted by molar-refractivity contribution is -0.143. The van der Waals surface area contributed by atoms with Gasteiger partial charge in [0.1, 0.15) is 6.61 Å². The highest BCUT2D eigenvalue weighted by atomic mass is 79.9. The summed E-state index contributed by atoms with van der Waals surface area (Å²) in [6.07, 6.45) is 1.71. The van der Waals surface area contributed by atoms with Crippen LogP contribution >= 0.6 is 50.5 Å². The molecule has 1 aliphatic rings. The number of allylic oxidation sites excluding steroid dienone is 1. The van der Waals surface area contributed by atoms with Crippen LogP contribution in [0, 0.1) is 0 Å². The van der Waals surface area contributed by atoms with Crippen molar-refractivity contribution in [1.29, 1.82) is 0 Å². The van der Waals surface area contributed by atoms with E-state index in [1.54, 1.807) is 75.4 Å². The first-order valence-corrected chi connectivity index (χ1v) is 18.0. The van der Waals surface area contributed by atoms with Crippen LogP contribution in [0.5, 0.6) is 23.0 Å². The molecule has 268 valence electrons. The smallest absolute Gasteiger partial charge is 0.343 e. The Bertz CT molecular complexity index is 2200. The number of esters is 2. The van der Waals surface area contributed by atoms with Crippen LogP contribution < -0.4 is 33.8 Å². The van der Waals surface area contributed by atoms with Gasteiger partial charge >= 0.3 is 11.9 Å². The normalized spacial score (nSPS) is 14.0. The zero-order valence-electron chi connectivity index (χ0n) is 28.2. The molecule has 0 saturated heterocycles. The standard InChI is InChI=1S/C36H33BrCl2N2O9S/c1-6-47-28-12-20(9-11-26(28)50-18-31(42)46-5)33-32(35(44)48-7-2)19(3)40-36-41(33)34(43)30(51-36)14-22-13-27(45-4)29(16-24(22)37)49-17-21-8-10-23(38)15-25(21)39/h8-16,33H,6-7,17-18H2,1-5H3/b30-14-/t33-/m0/s1. The molecule has 4 aromatic rings. The molecule has 0 N–H and O–H groups in total. The molecule has 0 bridgehead atoms. The van der Waals surface area contributed by atoms with Crippen LogP contribution in [0.15, 0.2) is 74.1 Å². The Labute approximate surface area is 315 Å². The average molecular weight is 821 g/mol. The van der Waals surface area contributed by atoms with Crippen molar-refractivity contribution in [3.63, 3.8) is 0 Å². The van der Waals surface area contributed by atoms with Crippen LogP contribution in [-0.2, 0) is 25.7 Å². The van der Waals surface area contributed by atoms with E-state index in [1.807, 2.05) is 0 Å². The van der Waals surface area contributed by atoms with Crippen LogP contribution in [0.3, 0.4) is 0 Å². The fourth-order valence-electron chi connectivity index (χ4n) is 5.25. The van der Waals surface area contributed by atoms with E-state index in [-0.39, 0.29) is 37.6 Å². The SMILES string of the molecule is CCOC(=O)C1=C(C)N=c2s/c(=C\c3cc(OC)c(OCc4ccc(Cl)cc4Cl)cc3Br)c(=O)n2[C@H]1c1ccc(OCC(=O)OC)c(OCC)c1. The molecule has 5 rings (SSSR count). The first kappa shape index (κ1) is 37.9. The zero-order chi connectivity index (χ0) is 36.8. The van der Waals surface area contributed by atoms with Crippen molar-refractivity contribution in [2.75, 3.05) is 34.0 Å². The van der Waals surface area contributed by atoms with Crippen LogP contribution in [0.1, 0.15) is 43.5 Å². The lowest BCUT2D eigenvalue weighted by atomic mass is 9.95. The first-order chi connectivity index (χ1) is 24.5. The number of fused-ring (bicyclic) bond motifs is 1. The van der Waals surface area contributed by atoms with E-state index in [2.05, 4.69) is 25.7 Å². The van der Waals surface area contributed by atoms with Crippen LogP contribution in [0.4, 0.5) is 0 Å². The number of thiazole rings is 1. The summed E-state index contributed by atoms with van der Waals surface area (Å²) in [7, 11) is 2.78. The summed E-state index contributed by atoms with van der Waals surface area (Å²) in [6.45, 7) is 5.45. The maximum Gasteiger partial charge on any atom is 0.343 e. The maximum atomic E-state index is 14.3. The number of ether oxygens (including phenoxy) is 6. The maximum absolute atomic E-state index is 14.3. The molecule has 0 amide bonds. The van der Waals surface area contributed by atoms with Gasteiger partial charge < -0.3 is 28.4 Å². The Morgan fingerprint density at radius 2 is 1.73 bits per heavy atom. The number of carbonyl (C=O) groups excluding carboxylic acids is 2. The van der Waals surface area contributed by atoms with Crippen molar-refractivity contribution in [2.24, 2.45) is 4.99 Å². The van der Waals surface area contributed by atoms with E-state index in [4.69, 9.17) is 46.9 Å². The monoisotopic (exact) mass is 818 g/mol. The fraction of sp³-hybridized carbons (Fsp3) is 0.278. The minimum Gasteiger partial charge on any atom is -0.493 e. The van der Waals surface area contributed by atoms with Gasteiger partial charge in [0, 0.05) is 20.1 Å². The van der Waals surface area contributed by atoms with E-state index in [0.29, 0.717) is 63.7 Å². The van der Waals surface area contributed by atoms with Gasteiger partial charge in [-0.25, -0.2) is 14.6 Å². The molecule has 0 aliphatic carbocycles. The highest BCUT2D eigenvalue weighted by Gasteiger charge is 2.34. The van der Waals surface area contributed by atoms with Gasteiger partial charge in [0.2, 0.25) is 0 Å². The Morgan fingerprint density at radius 1 is 0.961 bits per heavy atom. The third kappa shape index (κ3) is 8.44. The molecular weight excluding hydrogens is 787 g/mol. The van der Waals surface area contributed by atoms with Gasteiger partial charge in [-0.05, 0) is 74.4 Å². The number of carbonyl (C=O) groups is 2. The van der Waals surface area contributed by atoms with Gasteiger partial charge in [-0.3, -0.25) is 9.36 Å². The van der Waals surface area contributed by atoms with E-state index in [9.17, 15) is 14.4 Å². The van der Waals surface area contributed by atoms with Gasteiger partial charge in [-0.1, -0.05) is 62.6 Å². The van der Waals surface area contributed by atoms with E-state index in [0.717, 1.165) is 5.56 Å². The largest absolute Gasteiger partial charge is 0.493 e. The first-order valence-electron chi connectivity index (χ1n) is 15.6. The van der Waals surface area contributed by atoms with Crippen LogP contribution in [-0.4, -0.2) is 50.5 Å². The number of nitrogens with zero attached hydrogens (tertiary/aromatic N) is 2. The van der Waals surface area contributed by atoms with Crippen molar-refractivity contribution in [2.45, 2.75) is 33.4 Å². The summed E-state index contributed by atoms with van der Waals surface area (Å²) in [6, 6.07) is 12.7. The molecule has 11 nitrogen and oxygen atoms in total. The molecule has 3 aromatic carbocycles. The summed E-state index contributed by atoms with van der Waals surface area (Å²) >= 11 is 17.1. The summed E-state index contributed by atoms with van der Waals surface area (Å²) in [5.74, 6) is 0.317. The summed E-state index contributed by atoms with van der Waals surface area (Å²) in [4.78, 5) is 44.5. The van der Waals surface area contributed by atoms with Gasteiger partial charge in [-0.15, -0.1) is 0 Å². The third-order valence-electron chi connectivity index (χ3n) is 7.64. The lowest BCUT2D eigenvalue weighted by Crippen LogP contribution is -2.40. The molecule has 51 heavy (non-hydrogen) atoms. The Kier molecular flexibility index (Phi) is 12.5. The summed E-state index contributed by atoms with van der Waals surface area (Å²) in [5, 5.41) is 0.997. The minimum absolute atomic E-state index is 0.125. The number of rotatable bonds is 13. The molecule has 0 saturated carbocycles. The Hall–Kier alpha value is -4.30. The number of hydrogen-bond donors (Lipinski definition) is 0. The van der Waals surface area contributed by atoms with E-state index in [1.165, 1.54) is 30.1 Å². The highest BCUT2D eigenvalue weighted by molar-refractivity contribution is 9.10. The number of hydrogen-bond acceptors (Lipinski definition) is 11. The van der Waals surface area contributed by atoms with Crippen molar-refractivity contribution in [3.05, 3.63) is 111 Å². The molecular formula is C36H33BrCl2N2O9S. The summed E-state index contributed by atoms with van der Waals surface area (Å²) < 4.78 is 35.7. The van der Waals surface area contributed by atoms with E-state index < -0.39 is 18.0 Å². The number of methoxy groups -OCH3 is 2. The predicted octanol–water partition coefficient (Wildman–Crippen LogP) is 6.41. The molecule has 1 aliphatic heterocycles. The Balaban J connectivity index is 1.58. The van der Waals surface area contributed by atoms with Gasteiger partial charge in [0.15, 0.2) is 34.4 Å². The molecule has 0 fully saturated rings. The summed E-state index contributed by atoms with van der Waals surface area (Å²) in [5.41, 5.74) is 2.14. The van der Waals surface area contributed by atoms with Crippen molar-refractivity contribution >= 4 is 68.5 Å². The van der Waals surface area contributed by atoms with E-state index >= 15 is 0 Å². The number of aromatic nitrogens is 1. The van der Waals surface area contributed by atoms with Gasteiger partial charge in [0.25, 0.3) is 5.56 Å². The quantitative estimate of drug-likeness (QED) is 0.141. The second-order valence-corrected chi connectivity index (χ2v) is 13.6. The fourth-order valence-corrected chi connectivity index (χ4v) is 7.19. The molecule has 0 radical (unpaired) electrons. The average Bonchev–Trinajstić information content (AvgIpc) is 3.41. The van der Waals surface area contributed by atoms with Gasteiger partial charge in [0.05, 0.1) is 49.3 Å². The van der Waals surface area contributed by atoms with Crippen molar-refractivity contribution in [1.82, 2.24) is 4.57 Å². The highest BCUT2D eigenvalue weighted by Crippen LogP contribution is 2.37. The molecule has 1 aromatic heterocycles. The third-order valence-corrected chi connectivity index (χ3v) is 9.90. The molecule has 15 heteroatoms. The molecule has 0 spiro atoms. The number of halogens is 3. The van der Waals surface area contributed by atoms with Crippen molar-refractivity contribution < 1.29 is 38.0 Å². The second kappa shape index (κ2) is 16.8. The lowest BCUT2D eigenvalue weighted by Gasteiger charge is -2.25. The number of benzene rings is 3. The van der Waals surface area contributed by atoms with Crippen LogP contribution in [0.25, 0.3) is 6.08 Å². The Morgan fingerprint density at radius 3 is 2.41 bits per heavy atom. The second-order valence-electron chi connectivity index (χ2n) is 10.9. The molecule has 0 unspecified atom stereocenters. The predicted molar refractivity (Wildman–Crippen MR) is 197 cm³/mol. The van der Waals surface area contributed by atoms with Gasteiger partial charge in [-0.2, -0.15) is 0 Å². The zero-order valence-corrected chi connectivity index (χ0v) is 32.1. The molecule has 1 atom stereocenters.